The van der Waals surface area contributed by atoms with Gasteiger partial charge in [-0.1, -0.05) is 6.92 Å². The predicted octanol–water partition coefficient (Wildman–Crippen LogP) is 3.26. The van der Waals surface area contributed by atoms with E-state index in [0.29, 0.717) is 13.0 Å². The summed E-state index contributed by atoms with van der Waals surface area (Å²) in [5, 5.41) is 2.92. The summed E-state index contributed by atoms with van der Waals surface area (Å²) in [4.78, 5) is 27.9. The van der Waals surface area contributed by atoms with Gasteiger partial charge in [0.15, 0.2) is 0 Å². The molecule has 0 spiro atoms. The Labute approximate surface area is 145 Å². The molecule has 2 amide bonds. The van der Waals surface area contributed by atoms with Crippen LogP contribution in [0.5, 0.6) is 0 Å². The van der Waals surface area contributed by atoms with Gasteiger partial charge in [0, 0.05) is 50.4 Å². The van der Waals surface area contributed by atoms with E-state index in [1.807, 2.05) is 26.0 Å². The lowest BCUT2D eigenvalue weighted by molar-refractivity contribution is -0.131. The second-order valence-electron chi connectivity index (χ2n) is 6.51. The van der Waals surface area contributed by atoms with Crippen molar-refractivity contribution in [2.45, 2.75) is 52.5 Å². The van der Waals surface area contributed by atoms with E-state index < -0.39 is 0 Å². The second-order valence-corrected chi connectivity index (χ2v) is 6.51. The van der Waals surface area contributed by atoms with Gasteiger partial charge in [-0.25, -0.2) is 0 Å². The van der Waals surface area contributed by atoms with Gasteiger partial charge in [-0.15, -0.1) is 0 Å². The summed E-state index contributed by atoms with van der Waals surface area (Å²) >= 11 is 0. The molecule has 132 valence electrons. The van der Waals surface area contributed by atoms with Crippen molar-refractivity contribution in [3.8, 4) is 0 Å². The zero-order valence-corrected chi connectivity index (χ0v) is 15.0. The van der Waals surface area contributed by atoms with E-state index in [-0.39, 0.29) is 17.9 Å². The Bertz CT molecular complexity index is 550. The molecule has 0 aromatic heterocycles. The van der Waals surface area contributed by atoms with Crippen LogP contribution in [0.4, 0.5) is 11.4 Å². The Morgan fingerprint density at radius 2 is 1.83 bits per heavy atom. The van der Waals surface area contributed by atoms with Crippen LogP contribution < -0.4 is 10.2 Å². The Hall–Kier alpha value is -2.04. The van der Waals surface area contributed by atoms with E-state index in [1.54, 1.807) is 11.8 Å². The maximum atomic E-state index is 12.1. The van der Waals surface area contributed by atoms with Gasteiger partial charge in [0.1, 0.15) is 0 Å². The van der Waals surface area contributed by atoms with Crippen LogP contribution in [0.15, 0.2) is 24.3 Å². The highest BCUT2D eigenvalue weighted by molar-refractivity contribution is 5.91. The van der Waals surface area contributed by atoms with Crippen LogP contribution in [0.25, 0.3) is 0 Å². The van der Waals surface area contributed by atoms with Gasteiger partial charge < -0.3 is 15.1 Å². The molecule has 1 heterocycles. The predicted molar refractivity (Wildman–Crippen MR) is 98.3 cm³/mol. The third kappa shape index (κ3) is 4.98. The standard InChI is InChI=1S/C19H29N3O2/c1-4-15(2)22(16(3)23)14-11-19(24)20-17-7-9-18(10-8-17)21-12-5-6-13-21/h7-10,15H,4-6,11-14H2,1-3H3,(H,20,24). The topological polar surface area (TPSA) is 52.7 Å². The minimum atomic E-state index is -0.0570. The van der Waals surface area contributed by atoms with Crippen molar-refractivity contribution in [2.24, 2.45) is 0 Å². The van der Waals surface area contributed by atoms with Gasteiger partial charge in [-0.3, -0.25) is 9.59 Å². The summed E-state index contributed by atoms with van der Waals surface area (Å²) in [6.07, 6.45) is 3.71. The fourth-order valence-electron chi connectivity index (χ4n) is 3.08. The third-order valence-electron chi connectivity index (χ3n) is 4.73. The normalized spacial score (nSPS) is 15.2. The SMILES string of the molecule is CCC(C)N(CCC(=O)Nc1ccc(N2CCCC2)cc1)C(C)=O. The molecule has 0 radical (unpaired) electrons. The number of nitrogens with one attached hydrogen (secondary N) is 1. The molecule has 1 aliphatic heterocycles. The Kier molecular flexibility index (Phi) is 6.64. The van der Waals surface area contributed by atoms with Gasteiger partial charge >= 0.3 is 0 Å². The first-order valence-corrected chi connectivity index (χ1v) is 8.93. The molecule has 1 aromatic carbocycles. The number of amides is 2. The molecule has 5 nitrogen and oxygen atoms in total. The van der Waals surface area contributed by atoms with Crippen molar-refractivity contribution in [3.63, 3.8) is 0 Å². The van der Waals surface area contributed by atoms with Gasteiger partial charge in [0.05, 0.1) is 0 Å². The Morgan fingerprint density at radius 1 is 1.21 bits per heavy atom. The maximum Gasteiger partial charge on any atom is 0.226 e. The lowest BCUT2D eigenvalue weighted by atomic mass is 10.2. The van der Waals surface area contributed by atoms with Gasteiger partial charge in [0.2, 0.25) is 11.8 Å². The van der Waals surface area contributed by atoms with Crippen molar-refractivity contribution in [3.05, 3.63) is 24.3 Å². The summed E-state index contributed by atoms with van der Waals surface area (Å²) in [5.41, 5.74) is 2.02. The summed E-state index contributed by atoms with van der Waals surface area (Å²) in [6.45, 7) is 8.30. The first-order valence-electron chi connectivity index (χ1n) is 8.93. The average Bonchev–Trinajstić information content (AvgIpc) is 3.09. The van der Waals surface area contributed by atoms with E-state index in [4.69, 9.17) is 0 Å². The first-order chi connectivity index (χ1) is 11.5. The Morgan fingerprint density at radius 3 is 2.38 bits per heavy atom. The molecule has 0 bridgehead atoms. The van der Waals surface area contributed by atoms with E-state index in [9.17, 15) is 9.59 Å². The van der Waals surface area contributed by atoms with E-state index in [2.05, 4.69) is 22.3 Å². The van der Waals surface area contributed by atoms with Crippen molar-refractivity contribution >= 4 is 23.2 Å². The summed E-state index contributed by atoms with van der Waals surface area (Å²) in [7, 11) is 0. The monoisotopic (exact) mass is 331 g/mol. The molecule has 1 aromatic rings. The molecule has 1 atom stereocenters. The number of carbonyl (C=O) groups excluding carboxylic acids is 2. The van der Waals surface area contributed by atoms with Crippen molar-refractivity contribution < 1.29 is 9.59 Å². The molecular formula is C19H29N3O2. The lowest BCUT2D eigenvalue weighted by Crippen LogP contribution is -2.38. The molecule has 1 fully saturated rings. The molecule has 1 N–H and O–H groups in total. The number of carbonyl (C=O) groups is 2. The van der Waals surface area contributed by atoms with E-state index >= 15 is 0 Å². The van der Waals surface area contributed by atoms with Crippen LogP contribution in [-0.4, -0.2) is 42.4 Å². The van der Waals surface area contributed by atoms with Gasteiger partial charge in [-0.2, -0.15) is 0 Å². The molecule has 0 saturated carbocycles. The summed E-state index contributed by atoms with van der Waals surface area (Å²) in [5.74, 6) is -0.0365. The average molecular weight is 331 g/mol. The molecule has 1 unspecified atom stereocenters. The van der Waals surface area contributed by atoms with Crippen LogP contribution in [0, 0.1) is 0 Å². The Balaban J connectivity index is 1.84. The van der Waals surface area contributed by atoms with Gasteiger partial charge in [-0.05, 0) is 50.5 Å². The largest absolute Gasteiger partial charge is 0.372 e. The molecule has 1 aliphatic rings. The molecular weight excluding hydrogens is 302 g/mol. The number of rotatable bonds is 7. The second kappa shape index (κ2) is 8.71. The summed E-state index contributed by atoms with van der Waals surface area (Å²) < 4.78 is 0. The van der Waals surface area contributed by atoms with Crippen LogP contribution in [0.2, 0.25) is 0 Å². The van der Waals surface area contributed by atoms with Crippen LogP contribution in [-0.2, 0) is 9.59 Å². The highest BCUT2D eigenvalue weighted by Crippen LogP contribution is 2.22. The quantitative estimate of drug-likeness (QED) is 0.834. The fourth-order valence-corrected chi connectivity index (χ4v) is 3.08. The smallest absolute Gasteiger partial charge is 0.226 e. The summed E-state index contributed by atoms with van der Waals surface area (Å²) in [6, 6.07) is 8.17. The van der Waals surface area contributed by atoms with Crippen LogP contribution in [0.3, 0.4) is 0 Å². The van der Waals surface area contributed by atoms with E-state index in [0.717, 1.165) is 25.2 Å². The molecule has 1 saturated heterocycles. The minimum absolute atomic E-state index is 0.0205. The van der Waals surface area contributed by atoms with Crippen LogP contribution >= 0.6 is 0 Å². The van der Waals surface area contributed by atoms with Crippen molar-refractivity contribution in [1.29, 1.82) is 0 Å². The lowest BCUT2D eigenvalue weighted by Gasteiger charge is -2.27. The highest BCUT2D eigenvalue weighted by Gasteiger charge is 2.16. The number of hydrogen-bond acceptors (Lipinski definition) is 3. The van der Waals surface area contributed by atoms with E-state index in [1.165, 1.54) is 18.5 Å². The third-order valence-corrected chi connectivity index (χ3v) is 4.73. The zero-order chi connectivity index (χ0) is 17.5. The fraction of sp³-hybridized carbons (Fsp3) is 0.579. The number of hydrogen-bond donors (Lipinski definition) is 1. The molecule has 0 aliphatic carbocycles. The highest BCUT2D eigenvalue weighted by atomic mass is 16.2. The molecule has 5 heteroatoms. The first kappa shape index (κ1) is 18.3. The molecule has 24 heavy (non-hydrogen) atoms. The van der Waals surface area contributed by atoms with Gasteiger partial charge in [0.25, 0.3) is 0 Å². The maximum absolute atomic E-state index is 12.1. The molecule has 2 rings (SSSR count). The minimum Gasteiger partial charge on any atom is -0.372 e. The number of nitrogens with zero attached hydrogens (tertiary/aromatic N) is 2. The number of anilines is 2. The van der Waals surface area contributed by atoms with Crippen LogP contribution in [0.1, 0.15) is 46.5 Å². The zero-order valence-electron chi connectivity index (χ0n) is 15.0. The van der Waals surface area contributed by atoms with Crippen molar-refractivity contribution in [2.75, 3.05) is 29.9 Å². The van der Waals surface area contributed by atoms with Crippen molar-refractivity contribution in [1.82, 2.24) is 4.90 Å². The number of benzene rings is 1.